The van der Waals surface area contributed by atoms with E-state index in [0.29, 0.717) is 0 Å². The van der Waals surface area contributed by atoms with Crippen LogP contribution < -0.4 is 10.6 Å². The van der Waals surface area contributed by atoms with Gasteiger partial charge in [0, 0.05) is 18.9 Å². The van der Waals surface area contributed by atoms with Gasteiger partial charge >= 0.3 is 5.97 Å². The molecule has 0 aliphatic carbocycles. The molecule has 1 unspecified atom stereocenters. The molecule has 0 spiro atoms. The van der Waals surface area contributed by atoms with Crippen LogP contribution in [0.25, 0.3) is 0 Å². The van der Waals surface area contributed by atoms with Crippen molar-refractivity contribution in [3.63, 3.8) is 0 Å². The van der Waals surface area contributed by atoms with Gasteiger partial charge in [-0.1, -0.05) is 6.07 Å². The largest absolute Gasteiger partial charge is 0.480 e. The summed E-state index contributed by atoms with van der Waals surface area (Å²) in [6, 6.07) is 2.31. The molecule has 1 heterocycles. The standard InChI is InChI=1S/C10H13N3O3/c1-11-8(10(15)16)9(14)13-6-7-3-2-4-12-5-7/h2-5,8,11H,6H2,1H3,(H,13,14)(H,15,16). The zero-order valence-electron chi connectivity index (χ0n) is 8.80. The highest BCUT2D eigenvalue weighted by molar-refractivity contribution is 6.01. The molecule has 0 aliphatic rings. The van der Waals surface area contributed by atoms with Gasteiger partial charge in [-0.25, -0.2) is 4.79 Å². The van der Waals surface area contributed by atoms with Crippen LogP contribution in [0.1, 0.15) is 5.56 Å². The van der Waals surface area contributed by atoms with Crippen LogP contribution in [0.5, 0.6) is 0 Å². The maximum atomic E-state index is 11.4. The van der Waals surface area contributed by atoms with Gasteiger partial charge in [0.2, 0.25) is 5.91 Å². The molecular formula is C10H13N3O3. The topological polar surface area (TPSA) is 91.3 Å². The Morgan fingerprint density at radius 1 is 1.56 bits per heavy atom. The third-order valence-corrected chi connectivity index (χ3v) is 1.99. The minimum absolute atomic E-state index is 0.262. The minimum Gasteiger partial charge on any atom is -0.480 e. The van der Waals surface area contributed by atoms with Crippen LogP contribution in [0.4, 0.5) is 0 Å². The lowest BCUT2D eigenvalue weighted by Gasteiger charge is -2.11. The Kier molecular flexibility index (Phi) is 4.41. The van der Waals surface area contributed by atoms with Crippen molar-refractivity contribution in [2.24, 2.45) is 0 Å². The molecular weight excluding hydrogens is 210 g/mol. The lowest BCUT2D eigenvalue weighted by atomic mass is 10.2. The lowest BCUT2D eigenvalue weighted by molar-refractivity contribution is -0.143. The number of nitrogens with one attached hydrogen (secondary N) is 2. The zero-order chi connectivity index (χ0) is 12.0. The van der Waals surface area contributed by atoms with Gasteiger partial charge in [-0.05, 0) is 18.7 Å². The molecule has 3 N–H and O–H groups in total. The molecule has 1 aromatic heterocycles. The van der Waals surface area contributed by atoms with Gasteiger partial charge in [-0.15, -0.1) is 0 Å². The molecule has 86 valence electrons. The van der Waals surface area contributed by atoms with E-state index in [9.17, 15) is 9.59 Å². The number of hydrogen-bond acceptors (Lipinski definition) is 4. The Hall–Kier alpha value is -1.95. The highest BCUT2D eigenvalue weighted by Gasteiger charge is 2.23. The third kappa shape index (κ3) is 3.32. The molecule has 1 aromatic rings. The molecule has 0 bridgehead atoms. The third-order valence-electron chi connectivity index (χ3n) is 1.99. The SMILES string of the molecule is CNC(C(=O)O)C(=O)NCc1cccnc1. The fourth-order valence-corrected chi connectivity index (χ4v) is 1.16. The average molecular weight is 223 g/mol. The first-order valence-electron chi connectivity index (χ1n) is 4.72. The highest BCUT2D eigenvalue weighted by Crippen LogP contribution is 1.95. The predicted molar refractivity (Wildman–Crippen MR) is 56.6 cm³/mol. The van der Waals surface area contributed by atoms with Crippen LogP contribution in [-0.2, 0) is 16.1 Å². The Labute approximate surface area is 92.7 Å². The summed E-state index contributed by atoms with van der Waals surface area (Å²) in [4.78, 5) is 25.9. The summed E-state index contributed by atoms with van der Waals surface area (Å²) in [5, 5.41) is 13.6. The number of pyridine rings is 1. The van der Waals surface area contributed by atoms with Gasteiger partial charge in [-0.3, -0.25) is 15.1 Å². The Balaban J connectivity index is 2.49. The van der Waals surface area contributed by atoms with Crippen LogP contribution in [-0.4, -0.2) is 35.1 Å². The zero-order valence-corrected chi connectivity index (χ0v) is 8.80. The highest BCUT2D eigenvalue weighted by atomic mass is 16.4. The molecule has 0 saturated carbocycles. The summed E-state index contributed by atoms with van der Waals surface area (Å²) in [5.41, 5.74) is 0.816. The second-order valence-corrected chi connectivity index (χ2v) is 3.14. The van der Waals surface area contributed by atoms with Crippen molar-refractivity contribution in [3.8, 4) is 0 Å². The van der Waals surface area contributed by atoms with Crippen LogP contribution in [0, 0.1) is 0 Å². The number of nitrogens with zero attached hydrogens (tertiary/aromatic N) is 1. The fourth-order valence-electron chi connectivity index (χ4n) is 1.16. The summed E-state index contributed by atoms with van der Waals surface area (Å²) in [6.45, 7) is 0.262. The summed E-state index contributed by atoms with van der Waals surface area (Å²) >= 11 is 0. The van der Waals surface area contributed by atoms with E-state index in [2.05, 4.69) is 15.6 Å². The van der Waals surface area contributed by atoms with E-state index >= 15 is 0 Å². The van der Waals surface area contributed by atoms with Crippen molar-refractivity contribution in [1.82, 2.24) is 15.6 Å². The molecule has 1 amide bonds. The summed E-state index contributed by atoms with van der Waals surface area (Å²) in [7, 11) is 1.42. The summed E-state index contributed by atoms with van der Waals surface area (Å²) in [6.07, 6.45) is 3.23. The monoisotopic (exact) mass is 223 g/mol. The smallest absolute Gasteiger partial charge is 0.330 e. The molecule has 0 radical (unpaired) electrons. The fraction of sp³-hybridized carbons (Fsp3) is 0.300. The lowest BCUT2D eigenvalue weighted by Crippen LogP contribution is -2.47. The molecule has 0 saturated heterocycles. The van der Waals surface area contributed by atoms with Crippen molar-refractivity contribution in [3.05, 3.63) is 30.1 Å². The first-order valence-corrected chi connectivity index (χ1v) is 4.72. The van der Waals surface area contributed by atoms with E-state index in [-0.39, 0.29) is 6.54 Å². The van der Waals surface area contributed by atoms with Gasteiger partial charge in [0.1, 0.15) is 0 Å². The average Bonchev–Trinajstić information content (AvgIpc) is 2.28. The Bertz CT molecular complexity index is 367. The number of carbonyl (C=O) groups is 2. The molecule has 6 nitrogen and oxygen atoms in total. The van der Waals surface area contributed by atoms with Crippen molar-refractivity contribution in [2.45, 2.75) is 12.6 Å². The van der Waals surface area contributed by atoms with Crippen LogP contribution in [0.15, 0.2) is 24.5 Å². The Morgan fingerprint density at radius 3 is 2.81 bits per heavy atom. The number of carbonyl (C=O) groups excluding carboxylic acids is 1. The first kappa shape index (κ1) is 12.1. The quantitative estimate of drug-likeness (QED) is 0.578. The number of aliphatic carboxylic acids is 1. The number of amides is 1. The molecule has 1 rings (SSSR count). The first-order chi connectivity index (χ1) is 7.65. The molecule has 6 heteroatoms. The van der Waals surface area contributed by atoms with E-state index in [0.717, 1.165) is 5.56 Å². The number of carboxylic acids is 1. The number of hydrogen-bond donors (Lipinski definition) is 3. The van der Waals surface area contributed by atoms with Gasteiger partial charge < -0.3 is 10.4 Å². The molecule has 0 aliphatic heterocycles. The van der Waals surface area contributed by atoms with E-state index in [1.54, 1.807) is 24.5 Å². The molecule has 16 heavy (non-hydrogen) atoms. The number of rotatable bonds is 5. The molecule has 1 atom stereocenters. The Morgan fingerprint density at radius 2 is 2.31 bits per heavy atom. The second-order valence-electron chi connectivity index (χ2n) is 3.14. The van der Waals surface area contributed by atoms with Gasteiger partial charge in [0.25, 0.3) is 0 Å². The van der Waals surface area contributed by atoms with Gasteiger partial charge in [0.15, 0.2) is 6.04 Å². The minimum atomic E-state index is -1.23. The van der Waals surface area contributed by atoms with Crippen molar-refractivity contribution in [1.29, 1.82) is 0 Å². The van der Waals surface area contributed by atoms with E-state index in [4.69, 9.17) is 5.11 Å². The van der Waals surface area contributed by atoms with Gasteiger partial charge in [-0.2, -0.15) is 0 Å². The summed E-state index contributed by atoms with van der Waals surface area (Å²) < 4.78 is 0. The van der Waals surface area contributed by atoms with Crippen LogP contribution in [0.3, 0.4) is 0 Å². The molecule has 0 fully saturated rings. The predicted octanol–water partition coefficient (Wildman–Crippen LogP) is -0.630. The van der Waals surface area contributed by atoms with E-state index < -0.39 is 17.9 Å². The second kappa shape index (κ2) is 5.82. The number of aromatic nitrogens is 1. The van der Waals surface area contributed by atoms with E-state index in [1.807, 2.05) is 0 Å². The van der Waals surface area contributed by atoms with Crippen molar-refractivity contribution >= 4 is 11.9 Å². The van der Waals surface area contributed by atoms with E-state index in [1.165, 1.54) is 7.05 Å². The van der Waals surface area contributed by atoms with Crippen molar-refractivity contribution in [2.75, 3.05) is 7.05 Å². The maximum absolute atomic E-state index is 11.4. The normalized spacial score (nSPS) is 11.8. The summed E-state index contributed by atoms with van der Waals surface area (Å²) in [5.74, 6) is -1.77. The number of carboxylic acid groups (broad SMARTS) is 1. The maximum Gasteiger partial charge on any atom is 0.330 e. The molecule has 0 aromatic carbocycles. The van der Waals surface area contributed by atoms with Crippen LogP contribution >= 0.6 is 0 Å². The van der Waals surface area contributed by atoms with Crippen molar-refractivity contribution < 1.29 is 14.7 Å². The van der Waals surface area contributed by atoms with Crippen LogP contribution in [0.2, 0.25) is 0 Å². The number of likely N-dealkylation sites (N-methyl/N-ethyl adjacent to an activating group) is 1. The van der Waals surface area contributed by atoms with Gasteiger partial charge in [0.05, 0.1) is 0 Å².